The Balaban J connectivity index is 1.82. The van der Waals surface area contributed by atoms with Gasteiger partial charge in [-0.1, -0.05) is 38.1 Å². The molecule has 11 nitrogen and oxygen atoms in total. The number of hydrogen-bond donors (Lipinski definition) is 5. The number of carbonyl (C=O) groups is 1. The Hall–Kier alpha value is -3.00. The van der Waals surface area contributed by atoms with Crippen LogP contribution in [-0.4, -0.2) is 70.1 Å². The summed E-state index contributed by atoms with van der Waals surface area (Å²) in [6.45, 7) is 3.96. The molecule has 5 atom stereocenters. The fourth-order valence-electron chi connectivity index (χ4n) is 4.03. The lowest BCUT2D eigenvalue weighted by atomic mass is 9.91. The molecule has 1 heterocycles. The highest BCUT2D eigenvalue weighted by Gasteiger charge is 2.48. The van der Waals surface area contributed by atoms with Gasteiger partial charge in [0, 0.05) is 0 Å². The lowest BCUT2D eigenvalue weighted by Gasteiger charge is -2.38. The molecule has 0 saturated carbocycles. The van der Waals surface area contributed by atoms with E-state index in [-0.39, 0.29) is 11.5 Å². The van der Waals surface area contributed by atoms with Gasteiger partial charge in [0.05, 0.1) is 0 Å². The van der Waals surface area contributed by atoms with Crippen LogP contribution in [0.15, 0.2) is 48.5 Å². The molecule has 1 aliphatic heterocycles. The number of carboxylic acid groups (broad SMARTS) is 1. The molecule has 1 saturated heterocycles. The molecule has 1 fully saturated rings. The average Bonchev–Trinajstić information content (AvgIpc) is 2.83. The Morgan fingerprint density at radius 1 is 0.833 bits per heavy atom. The maximum absolute atomic E-state index is 11.3. The first-order chi connectivity index (χ1) is 16.9. The standard InChI is InChI=1S/C24H28O11S/c1-3-17(18(4-2)14-7-11-16(12-8-14)35-36(30,31)32)13-5-9-15(10-6-13)33-24-21(27)19(25)20(26)22(34-24)23(28)29/h5-12,19-22,24-27H,3-4H2,1-2H3,(H,28,29)(H,30,31,32)/b18-17+/t19-,20-,21+,22-,24+/m0/s1. The van der Waals surface area contributed by atoms with Gasteiger partial charge in [-0.15, -0.1) is 0 Å². The number of carboxylic acids is 1. The summed E-state index contributed by atoms with van der Waals surface area (Å²) in [5.41, 5.74) is 3.70. The van der Waals surface area contributed by atoms with Crippen LogP contribution in [-0.2, 0) is 19.9 Å². The minimum Gasteiger partial charge on any atom is -0.479 e. The van der Waals surface area contributed by atoms with E-state index in [9.17, 15) is 33.6 Å². The number of hydrogen-bond acceptors (Lipinski definition) is 9. The summed E-state index contributed by atoms with van der Waals surface area (Å²) < 4.78 is 45.8. The Kier molecular flexibility index (Phi) is 8.71. The first-order valence-electron chi connectivity index (χ1n) is 11.1. The quantitative estimate of drug-likeness (QED) is 0.239. The maximum Gasteiger partial charge on any atom is 0.446 e. The van der Waals surface area contributed by atoms with Crippen LogP contribution in [0, 0.1) is 0 Å². The number of aliphatic carboxylic acids is 1. The van der Waals surface area contributed by atoms with Crippen LogP contribution in [0.1, 0.15) is 37.8 Å². The SMILES string of the molecule is CC/C(=C(/CC)c1ccc(OS(=O)(=O)O)cc1)c1ccc(O[C@@H]2O[C@H](C(=O)O)[C@@H](O)[C@H](O)[C@H]2O)cc1. The van der Waals surface area contributed by atoms with Crippen molar-refractivity contribution in [2.24, 2.45) is 0 Å². The van der Waals surface area contributed by atoms with Crippen LogP contribution in [0.25, 0.3) is 11.1 Å². The molecule has 0 aliphatic carbocycles. The summed E-state index contributed by atoms with van der Waals surface area (Å²) in [4.78, 5) is 11.3. The molecular weight excluding hydrogens is 496 g/mol. The predicted molar refractivity (Wildman–Crippen MR) is 127 cm³/mol. The van der Waals surface area contributed by atoms with Gasteiger partial charge in [-0.3, -0.25) is 4.55 Å². The van der Waals surface area contributed by atoms with E-state index >= 15 is 0 Å². The number of benzene rings is 2. The van der Waals surface area contributed by atoms with Crippen molar-refractivity contribution in [3.8, 4) is 11.5 Å². The van der Waals surface area contributed by atoms with Gasteiger partial charge in [-0.2, -0.15) is 8.42 Å². The lowest BCUT2D eigenvalue weighted by Crippen LogP contribution is -2.61. The van der Waals surface area contributed by atoms with Crippen molar-refractivity contribution >= 4 is 27.5 Å². The van der Waals surface area contributed by atoms with Crippen LogP contribution in [0.5, 0.6) is 11.5 Å². The Morgan fingerprint density at radius 3 is 1.72 bits per heavy atom. The Morgan fingerprint density at radius 2 is 1.31 bits per heavy atom. The number of aliphatic hydroxyl groups excluding tert-OH is 3. The number of allylic oxidation sites excluding steroid dienone is 2. The van der Waals surface area contributed by atoms with Gasteiger partial charge in [0.1, 0.15) is 29.8 Å². The summed E-state index contributed by atoms with van der Waals surface area (Å²) >= 11 is 0. The minimum atomic E-state index is -4.62. The first-order valence-corrected chi connectivity index (χ1v) is 12.5. The zero-order valence-corrected chi connectivity index (χ0v) is 20.3. The van der Waals surface area contributed by atoms with Gasteiger partial charge >= 0.3 is 16.4 Å². The molecule has 12 heteroatoms. The second kappa shape index (κ2) is 11.4. The van der Waals surface area contributed by atoms with Crippen molar-refractivity contribution < 1.29 is 51.8 Å². The van der Waals surface area contributed by atoms with Gasteiger partial charge in [0.2, 0.25) is 6.29 Å². The maximum atomic E-state index is 11.3. The van der Waals surface area contributed by atoms with E-state index in [1.54, 1.807) is 36.4 Å². The molecule has 36 heavy (non-hydrogen) atoms. The molecule has 3 rings (SSSR count). The summed E-state index contributed by atoms with van der Waals surface area (Å²) in [6, 6.07) is 13.0. The number of aliphatic hydroxyl groups is 3. The van der Waals surface area contributed by atoms with E-state index in [2.05, 4.69) is 4.18 Å². The number of ether oxygens (including phenoxy) is 2. The van der Waals surface area contributed by atoms with Crippen LogP contribution in [0.3, 0.4) is 0 Å². The highest BCUT2D eigenvalue weighted by Crippen LogP contribution is 2.33. The monoisotopic (exact) mass is 524 g/mol. The molecular formula is C24H28O11S. The van der Waals surface area contributed by atoms with E-state index in [1.807, 2.05) is 13.8 Å². The number of rotatable bonds is 9. The van der Waals surface area contributed by atoms with Gasteiger partial charge in [0.25, 0.3) is 0 Å². The molecule has 2 aromatic rings. The van der Waals surface area contributed by atoms with E-state index < -0.39 is 47.1 Å². The molecule has 2 aromatic carbocycles. The van der Waals surface area contributed by atoms with Crippen molar-refractivity contribution in [1.82, 2.24) is 0 Å². The van der Waals surface area contributed by atoms with Crippen molar-refractivity contribution in [2.75, 3.05) is 0 Å². The van der Waals surface area contributed by atoms with Crippen LogP contribution in [0.4, 0.5) is 0 Å². The fourth-order valence-corrected chi connectivity index (χ4v) is 4.39. The molecule has 5 N–H and O–H groups in total. The Labute approximate surface area is 208 Å². The topological polar surface area (TPSA) is 180 Å². The van der Waals surface area contributed by atoms with Crippen LogP contribution < -0.4 is 8.92 Å². The van der Waals surface area contributed by atoms with Gasteiger partial charge in [-0.05, 0) is 59.4 Å². The Bertz CT molecular complexity index is 1190. The van der Waals surface area contributed by atoms with Crippen LogP contribution >= 0.6 is 0 Å². The molecule has 0 bridgehead atoms. The average molecular weight is 525 g/mol. The van der Waals surface area contributed by atoms with Gasteiger partial charge in [-0.25, -0.2) is 4.79 Å². The highest BCUT2D eigenvalue weighted by atomic mass is 32.3. The summed E-state index contributed by atoms with van der Waals surface area (Å²) in [5.74, 6) is -1.28. The first kappa shape index (κ1) is 27.6. The van der Waals surface area contributed by atoms with Crippen molar-refractivity contribution in [1.29, 1.82) is 0 Å². The van der Waals surface area contributed by atoms with Gasteiger partial charge in [0.15, 0.2) is 6.10 Å². The fraction of sp³-hybridized carbons (Fsp3) is 0.375. The zero-order valence-electron chi connectivity index (χ0n) is 19.5. The largest absolute Gasteiger partial charge is 0.479 e. The van der Waals surface area contributed by atoms with E-state index in [0.29, 0.717) is 12.8 Å². The van der Waals surface area contributed by atoms with Crippen molar-refractivity contribution in [3.63, 3.8) is 0 Å². The lowest BCUT2D eigenvalue weighted by molar-refractivity contribution is -0.271. The van der Waals surface area contributed by atoms with Crippen molar-refractivity contribution in [3.05, 3.63) is 59.7 Å². The molecule has 1 aliphatic rings. The van der Waals surface area contributed by atoms with E-state index in [0.717, 1.165) is 22.3 Å². The highest BCUT2D eigenvalue weighted by molar-refractivity contribution is 7.81. The van der Waals surface area contributed by atoms with Crippen molar-refractivity contribution in [2.45, 2.75) is 57.4 Å². The summed E-state index contributed by atoms with van der Waals surface area (Å²) in [6.07, 6.45) is -7.17. The predicted octanol–water partition coefficient (Wildman–Crippen LogP) is 1.87. The van der Waals surface area contributed by atoms with Crippen LogP contribution in [0.2, 0.25) is 0 Å². The van der Waals surface area contributed by atoms with E-state index in [4.69, 9.17) is 14.0 Å². The third kappa shape index (κ3) is 6.40. The summed E-state index contributed by atoms with van der Waals surface area (Å²) in [7, 11) is -4.62. The third-order valence-electron chi connectivity index (χ3n) is 5.74. The molecule has 196 valence electrons. The second-order valence-electron chi connectivity index (χ2n) is 8.08. The summed E-state index contributed by atoms with van der Waals surface area (Å²) in [5, 5.41) is 39.1. The molecule has 0 unspecified atom stereocenters. The third-order valence-corrected chi connectivity index (χ3v) is 6.15. The molecule has 0 spiro atoms. The smallest absolute Gasteiger partial charge is 0.446 e. The molecule has 0 aromatic heterocycles. The van der Waals surface area contributed by atoms with E-state index in [1.165, 1.54) is 12.1 Å². The second-order valence-corrected chi connectivity index (χ2v) is 9.10. The zero-order chi connectivity index (χ0) is 26.6. The molecule has 0 amide bonds. The minimum absolute atomic E-state index is 0.0221. The van der Waals surface area contributed by atoms with Gasteiger partial charge < -0.3 is 34.1 Å². The normalized spacial score (nSPS) is 25.1. The molecule has 0 radical (unpaired) electrons.